The highest BCUT2D eigenvalue weighted by Gasteiger charge is 2.23. The average Bonchev–Trinajstić information content (AvgIpc) is 2.64. The van der Waals surface area contributed by atoms with Crippen molar-refractivity contribution < 1.29 is 9.84 Å². The second kappa shape index (κ2) is 8.99. The van der Waals surface area contributed by atoms with E-state index in [4.69, 9.17) is 4.74 Å². The Labute approximate surface area is 155 Å². The van der Waals surface area contributed by atoms with Crippen molar-refractivity contribution in [1.29, 1.82) is 0 Å². The molecule has 0 saturated carbocycles. The van der Waals surface area contributed by atoms with Gasteiger partial charge < -0.3 is 9.84 Å². The summed E-state index contributed by atoms with van der Waals surface area (Å²) in [5, 5.41) is 14.0. The fourth-order valence-electron chi connectivity index (χ4n) is 3.29. The molecule has 142 valence electrons. The molecule has 0 radical (unpaired) electrons. The molecule has 0 amide bonds. The first kappa shape index (κ1) is 20.2. The smallest absolute Gasteiger partial charge is 0.278 e. The maximum atomic E-state index is 13.1. The molecule has 2 aromatic rings. The zero-order chi connectivity index (χ0) is 19.3. The van der Waals surface area contributed by atoms with E-state index in [1.54, 1.807) is 7.05 Å². The summed E-state index contributed by atoms with van der Waals surface area (Å²) in [6.07, 6.45) is 3.51. The van der Waals surface area contributed by atoms with E-state index < -0.39 is 0 Å². The summed E-state index contributed by atoms with van der Waals surface area (Å²) in [6, 6.07) is 4.26. The molecule has 0 spiro atoms. The minimum Gasteiger partial charge on any atom is -0.491 e. The second-order valence-corrected chi connectivity index (χ2v) is 6.60. The molecule has 1 aromatic heterocycles. The van der Waals surface area contributed by atoms with Gasteiger partial charge >= 0.3 is 0 Å². The lowest BCUT2D eigenvalue weighted by Gasteiger charge is -2.20. The van der Waals surface area contributed by atoms with Crippen LogP contribution in [0, 0.1) is 6.92 Å². The van der Waals surface area contributed by atoms with Gasteiger partial charge in [0.2, 0.25) is 0 Å². The Kier molecular flexibility index (Phi) is 6.98. The topological polar surface area (TPSA) is 64.3 Å². The summed E-state index contributed by atoms with van der Waals surface area (Å²) in [7, 11) is 1.62. The summed E-state index contributed by atoms with van der Waals surface area (Å²) in [5.74, 6) is 0.428. The summed E-state index contributed by atoms with van der Waals surface area (Å²) in [6.45, 7) is 8.58. The quantitative estimate of drug-likeness (QED) is 0.733. The van der Waals surface area contributed by atoms with Crippen LogP contribution in [-0.2, 0) is 26.5 Å². The molecule has 0 aliphatic heterocycles. The highest BCUT2D eigenvalue weighted by molar-refractivity contribution is 5.77. The number of unbranched alkanes of at least 4 members (excludes halogenated alkanes) is 1. The minimum absolute atomic E-state index is 0.193. The molecule has 0 aliphatic rings. The van der Waals surface area contributed by atoms with Crippen molar-refractivity contribution >= 4 is 0 Å². The maximum absolute atomic E-state index is 13.1. The van der Waals surface area contributed by atoms with Gasteiger partial charge in [-0.25, -0.2) is 4.68 Å². The van der Waals surface area contributed by atoms with E-state index in [-0.39, 0.29) is 12.2 Å². The maximum Gasteiger partial charge on any atom is 0.278 e. The summed E-state index contributed by atoms with van der Waals surface area (Å²) < 4.78 is 7.28. The second-order valence-electron chi connectivity index (χ2n) is 6.60. The van der Waals surface area contributed by atoms with Gasteiger partial charge in [0.1, 0.15) is 5.69 Å². The van der Waals surface area contributed by atoms with Crippen molar-refractivity contribution in [2.24, 2.45) is 7.05 Å². The lowest BCUT2D eigenvalue weighted by molar-refractivity contribution is 0.251. The lowest BCUT2D eigenvalue weighted by Crippen LogP contribution is -2.25. The molecule has 0 saturated heterocycles. The van der Waals surface area contributed by atoms with Gasteiger partial charge in [0, 0.05) is 7.05 Å². The van der Waals surface area contributed by atoms with Gasteiger partial charge in [0.15, 0.2) is 5.75 Å². The van der Waals surface area contributed by atoms with Crippen molar-refractivity contribution in [2.45, 2.75) is 60.0 Å². The standard InChI is InChI=1S/C21H30N2O3/c1-6-9-10-26-20-17(13-24)22-23(5)21(25)19(20)18-15(7-2)11-14(4)12-16(18)8-3/h11-12,24H,6-10,13H2,1-5H3. The molecule has 0 unspecified atom stereocenters. The van der Waals surface area contributed by atoms with Gasteiger partial charge in [-0.2, -0.15) is 5.10 Å². The number of aliphatic hydroxyl groups excluding tert-OH is 1. The highest BCUT2D eigenvalue weighted by atomic mass is 16.5. The van der Waals surface area contributed by atoms with Crippen LogP contribution in [-0.4, -0.2) is 21.5 Å². The number of nitrogens with zero attached hydrogens (tertiary/aromatic N) is 2. The van der Waals surface area contributed by atoms with Crippen molar-refractivity contribution in [3.8, 4) is 16.9 Å². The first-order valence-corrected chi connectivity index (χ1v) is 9.44. The highest BCUT2D eigenvalue weighted by Crippen LogP contribution is 2.35. The van der Waals surface area contributed by atoms with Crippen LogP contribution in [0.15, 0.2) is 16.9 Å². The minimum atomic E-state index is -0.267. The third-order valence-electron chi connectivity index (χ3n) is 4.62. The van der Waals surface area contributed by atoms with Crippen LogP contribution >= 0.6 is 0 Å². The molecular formula is C21H30N2O3. The van der Waals surface area contributed by atoms with Gasteiger partial charge in [-0.3, -0.25) is 4.79 Å². The van der Waals surface area contributed by atoms with E-state index in [0.29, 0.717) is 23.6 Å². The Morgan fingerprint density at radius 1 is 1.12 bits per heavy atom. The lowest BCUT2D eigenvalue weighted by atomic mass is 9.90. The van der Waals surface area contributed by atoms with E-state index in [1.165, 1.54) is 10.2 Å². The zero-order valence-electron chi connectivity index (χ0n) is 16.6. The van der Waals surface area contributed by atoms with Crippen molar-refractivity contribution in [1.82, 2.24) is 9.78 Å². The Morgan fingerprint density at radius 3 is 2.23 bits per heavy atom. The van der Waals surface area contributed by atoms with E-state index in [1.807, 2.05) is 0 Å². The molecule has 1 N–H and O–H groups in total. The SMILES string of the molecule is CCCCOc1c(CO)nn(C)c(=O)c1-c1c(CC)cc(C)cc1CC. The molecule has 2 rings (SSSR count). The molecule has 0 fully saturated rings. The van der Waals surface area contributed by atoms with Gasteiger partial charge in [-0.1, -0.05) is 44.9 Å². The summed E-state index contributed by atoms with van der Waals surface area (Å²) in [4.78, 5) is 13.1. The van der Waals surface area contributed by atoms with E-state index in [9.17, 15) is 9.90 Å². The molecular weight excluding hydrogens is 328 g/mol. The van der Waals surface area contributed by atoms with Crippen LogP contribution in [0.25, 0.3) is 11.1 Å². The Bertz CT molecular complexity index is 800. The fraction of sp³-hybridized carbons (Fsp3) is 0.524. The molecule has 5 nitrogen and oxygen atoms in total. The summed E-state index contributed by atoms with van der Waals surface area (Å²) >= 11 is 0. The molecule has 1 aromatic carbocycles. The van der Waals surface area contributed by atoms with Crippen LogP contribution < -0.4 is 10.3 Å². The molecule has 26 heavy (non-hydrogen) atoms. The van der Waals surface area contributed by atoms with Crippen molar-refractivity contribution in [2.75, 3.05) is 6.61 Å². The fourth-order valence-corrected chi connectivity index (χ4v) is 3.29. The van der Waals surface area contributed by atoms with Gasteiger partial charge in [-0.05, 0) is 42.9 Å². The molecule has 0 bridgehead atoms. The van der Waals surface area contributed by atoms with Crippen LogP contribution in [0.2, 0.25) is 0 Å². The average molecular weight is 358 g/mol. The largest absolute Gasteiger partial charge is 0.491 e. The number of hydrogen-bond acceptors (Lipinski definition) is 4. The molecule has 1 heterocycles. The number of aromatic nitrogens is 2. The third-order valence-corrected chi connectivity index (χ3v) is 4.62. The number of ether oxygens (including phenoxy) is 1. The summed E-state index contributed by atoms with van der Waals surface area (Å²) in [5.41, 5.74) is 5.10. The van der Waals surface area contributed by atoms with Crippen LogP contribution in [0.4, 0.5) is 0 Å². The third kappa shape index (κ3) is 3.98. The Hall–Kier alpha value is -2.14. The van der Waals surface area contributed by atoms with E-state index >= 15 is 0 Å². The Morgan fingerprint density at radius 2 is 1.73 bits per heavy atom. The number of hydrogen-bond donors (Lipinski definition) is 1. The van der Waals surface area contributed by atoms with Gasteiger partial charge in [0.25, 0.3) is 5.56 Å². The predicted octanol–water partition coefficient (Wildman–Crippen LogP) is 3.55. The number of benzene rings is 1. The first-order valence-electron chi connectivity index (χ1n) is 9.44. The van der Waals surface area contributed by atoms with E-state index in [0.717, 1.165) is 42.4 Å². The number of aryl methyl sites for hydroxylation is 4. The van der Waals surface area contributed by atoms with Gasteiger partial charge in [-0.15, -0.1) is 0 Å². The number of rotatable bonds is 8. The predicted molar refractivity (Wildman–Crippen MR) is 105 cm³/mol. The number of aliphatic hydroxyl groups is 1. The molecule has 5 heteroatoms. The monoisotopic (exact) mass is 358 g/mol. The van der Waals surface area contributed by atoms with Crippen molar-refractivity contribution in [3.63, 3.8) is 0 Å². The van der Waals surface area contributed by atoms with Crippen LogP contribution in [0.1, 0.15) is 56.0 Å². The first-order chi connectivity index (χ1) is 12.5. The Balaban J connectivity index is 2.84. The molecule has 0 atom stereocenters. The van der Waals surface area contributed by atoms with Crippen LogP contribution in [0.5, 0.6) is 5.75 Å². The van der Waals surface area contributed by atoms with E-state index in [2.05, 4.69) is 44.9 Å². The van der Waals surface area contributed by atoms with Crippen LogP contribution in [0.3, 0.4) is 0 Å². The zero-order valence-corrected chi connectivity index (χ0v) is 16.6. The molecule has 0 aliphatic carbocycles. The normalized spacial score (nSPS) is 11.0. The van der Waals surface area contributed by atoms with Gasteiger partial charge in [0.05, 0.1) is 18.8 Å². The van der Waals surface area contributed by atoms with Crippen molar-refractivity contribution in [3.05, 3.63) is 44.9 Å².